The Balaban J connectivity index is 2.15. The second-order valence-corrected chi connectivity index (χ2v) is 6.37. The lowest BCUT2D eigenvalue weighted by Gasteiger charge is -2.25. The number of anilines is 1. The van der Waals surface area contributed by atoms with Crippen molar-refractivity contribution in [2.45, 2.75) is 26.3 Å². The van der Waals surface area contributed by atoms with Crippen LogP contribution in [0, 0.1) is 5.92 Å². The minimum absolute atomic E-state index is 0.402. The molecule has 1 unspecified atom stereocenters. The monoisotopic (exact) mass is 321 g/mol. The number of allylic oxidation sites excluding steroid dienone is 1. The average Bonchev–Trinajstić information content (AvgIpc) is 2.81. The maximum absolute atomic E-state index is 12.0. The summed E-state index contributed by atoms with van der Waals surface area (Å²) in [5, 5.41) is 3.94. The lowest BCUT2D eigenvalue weighted by atomic mass is 9.82. The average molecular weight is 322 g/mol. The van der Waals surface area contributed by atoms with E-state index in [9.17, 15) is 9.59 Å². The van der Waals surface area contributed by atoms with Gasteiger partial charge in [-0.25, -0.2) is 0 Å². The van der Waals surface area contributed by atoms with E-state index in [4.69, 9.17) is 11.6 Å². The number of hydrogen-bond donors (Lipinski definition) is 3. The molecule has 0 aromatic heterocycles. The van der Waals surface area contributed by atoms with Crippen LogP contribution in [-0.4, -0.2) is 24.2 Å². The Morgan fingerprint density at radius 1 is 1.36 bits per heavy atom. The molecule has 5 nitrogen and oxygen atoms in total. The topological polar surface area (TPSA) is 70.2 Å². The number of benzene rings is 1. The number of ketones is 1. The van der Waals surface area contributed by atoms with Gasteiger partial charge in [0.15, 0.2) is 6.29 Å². The highest BCUT2D eigenvalue weighted by Gasteiger charge is 2.43. The molecule has 1 saturated heterocycles. The van der Waals surface area contributed by atoms with Crippen LogP contribution in [0.25, 0.3) is 0 Å². The Morgan fingerprint density at radius 2 is 2.00 bits per heavy atom. The SMILES string of the molecule is CC(NNc1ccc(Cl)cc1)=C1CNC(C)(C)C1C(=O)C=O. The first-order valence-electron chi connectivity index (χ1n) is 7.06. The third-order valence-corrected chi connectivity index (χ3v) is 4.18. The summed E-state index contributed by atoms with van der Waals surface area (Å²) in [6.45, 7) is 6.29. The maximum atomic E-state index is 12.0. The largest absolute Gasteiger partial charge is 0.307 e. The molecule has 3 N–H and O–H groups in total. The van der Waals surface area contributed by atoms with Crippen molar-refractivity contribution in [1.82, 2.24) is 10.7 Å². The Morgan fingerprint density at radius 3 is 2.59 bits per heavy atom. The van der Waals surface area contributed by atoms with E-state index >= 15 is 0 Å². The highest BCUT2D eigenvalue weighted by molar-refractivity contribution is 6.30. The van der Waals surface area contributed by atoms with Gasteiger partial charge in [-0.3, -0.25) is 9.59 Å². The van der Waals surface area contributed by atoms with Gasteiger partial charge in [0.2, 0.25) is 5.78 Å². The van der Waals surface area contributed by atoms with Crippen LogP contribution in [0.4, 0.5) is 5.69 Å². The Labute approximate surface area is 135 Å². The van der Waals surface area contributed by atoms with Crippen molar-refractivity contribution in [3.05, 3.63) is 40.6 Å². The van der Waals surface area contributed by atoms with Crippen molar-refractivity contribution in [2.75, 3.05) is 12.0 Å². The molecular formula is C16H20ClN3O2. The highest BCUT2D eigenvalue weighted by atomic mass is 35.5. The van der Waals surface area contributed by atoms with E-state index in [0.29, 0.717) is 17.9 Å². The predicted molar refractivity (Wildman–Crippen MR) is 87.6 cm³/mol. The maximum Gasteiger partial charge on any atom is 0.204 e. The van der Waals surface area contributed by atoms with Gasteiger partial charge in [-0.05, 0) is 50.6 Å². The van der Waals surface area contributed by atoms with Crippen molar-refractivity contribution in [3.63, 3.8) is 0 Å². The van der Waals surface area contributed by atoms with E-state index in [1.54, 1.807) is 12.1 Å². The van der Waals surface area contributed by atoms with Gasteiger partial charge >= 0.3 is 0 Å². The number of Topliss-reactive ketones (excluding diaryl/α,β-unsaturated/α-hetero) is 1. The van der Waals surface area contributed by atoms with Crippen LogP contribution in [-0.2, 0) is 9.59 Å². The van der Waals surface area contributed by atoms with Crippen molar-refractivity contribution in [1.29, 1.82) is 0 Å². The summed E-state index contributed by atoms with van der Waals surface area (Å²) < 4.78 is 0. The standard InChI is InChI=1S/C16H20ClN3O2/c1-10(19-20-12-6-4-11(17)5-7-12)13-8-18-16(2,3)15(13)14(22)9-21/h4-7,9,15,18-20H,8H2,1-3H3. The van der Waals surface area contributed by atoms with Crippen molar-refractivity contribution < 1.29 is 9.59 Å². The molecule has 0 aliphatic carbocycles. The molecule has 1 aliphatic heterocycles. The minimum atomic E-state index is -0.454. The van der Waals surface area contributed by atoms with Crippen LogP contribution in [0.3, 0.4) is 0 Å². The molecule has 2 rings (SSSR count). The third kappa shape index (κ3) is 3.48. The third-order valence-electron chi connectivity index (χ3n) is 3.93. The predicted octanol–water partition coefficient (Wildman–Crippen LogP) is 2.30. The second kappa shape index (κ2) is 6.50. The summed E-state index contributed by atoms with van der Waals surface area (Å²) >= 11 is 5.84. The molecule has 6 heteroatoms. The Kier molecular flexibility index (Phi) is 4.88. The van der Waals surface area contributed by atoms with Crippen molar-refractivity contribution >= 4 is 29.4 Å². The summed E-state index contributed by atoms with van der Waals surface area (Å²) in [7, 11) is 0. The molecule has 0 spiro atoms. The summed E-state index contributed by atoms with van der Waals surface area (Å²) in [6.07, 6.45) is 0.402. The lowest BCUT2D eigenvalue weighted by Crippen LogP contribution is -2.42. The minimum Gasteiger partial charge on any atom is -0.307 e. The van der Waals surface area contributed by atoms with Gasteiger partial charge in [0.25, 0.3) is 0 Å². The zero-order valence-corrected chi connectivity index (χ0v) is 13.6. The number of aldehydes is 1. The smallest absolute Gasteiger partial charge is 0.204 e. The molecule has 0 amide bonds. The van der Waals surface area contributed by atoms with E-state index in [2.05, 4.69) is 16.2 Å². The van der Waals surface area contributed by atoms with Crippen LogP contribution in [0.15, 0.2) is 35.5 Å². The van der Waals surface area contributed by atoms with Gasteiger partial charge in [-0.1, -0.05) is 11.6 Å². The van der Waals surface area contributed by atoms with Gasteiger partial charge in [0.05, 0.1) is 11.6 Å². The molecule has 0 radical (unpaired) electrons. The molecule has 1 aromatic rings. The van der Waals surface area contributed by atoms with E-state index in [1.807, 2.05) is 32.9 Å². The molecule has 1 aliphatic rings. The molecule has 1 heterocycles. The summed E-state index contributed by atoms with van der Waals surface area (Å²) in [4.78, 5) is 22.9. The molecule has 0 bridgehead atoms. The van der Waals surface area contributed by atoms with Gasteiger partial charge in [-0.15, -0.1) is 0 Å². The number of nitrogens with one attached hydrogen (secondary N) is 3. The normalized spacial score (nSPS) is 22.1. The Hall–Kier alpha value is -1.85. The van der Waals surface area contributed by atoms with Gasteiger partial charge in [0, 0.05) is 22.8 Å². The highest BCUT2D eigenvalue weighted by Crippen LogP contribution is 2.32. The number of halogens is 1. The fourth-order valence-electron chi connectivity index (χ4n) is 2.69. The molecule has 1 fully saturated rings. The molecule has 22 heavy (non-hydrogen) atoms. The first kappa shape index (κ1) is 16.5. The van der Waals surface area contributed by atoms with Crippen LogP contribution in [0.1, 0.15) is 20.8 Å². The number of carbonyl (C=O) groups excluding carboxylic acids is 2. The van der Waals surface area contributed by atoms with Crippen molar-refractivity contribution in [2.24, 2.45) is 5.92 Å². The number of carbonyl (C=O) groups is 2. The number of rotatable bonds is 5. The van der Waals surface area contributed by atoms with Crippen LogP contribution in [0.2, 0.25) is 5.02 Å². The quantitative estimate of drug-likeness (QED) is 0.441. The second-order valence-electron chi connectivity index (χ2n) is 5.94. The fourth-order valence-corrected chi connectivity index (χ4v) is 2.81. The Bertz CT molecular complexity index is 608. The lowest BCUT2D eigenvalue weighted by molar-refractivity contribution is -0.132. The molecule has 118 valence electrons. The first-order chi connectivity index (χ1) is 10.3. The molecular weight excluding hydrogens is 302 g/mol. The number of hydrazine groups is 1. The van der Waals surface area contributed by atoms with Gasteiger partial charge in [-0.2, -0.15) is 0 Å². The first-order valence-corrected chi connectivity index (χ1v) is 7.44. The van der Waals surface area contributed by atoms with Crippen LogP contribution < -0.4 is 16.2 Å². The van der Waals surface area contributed by atoms with E-state index in [1.165, 1.54) is 0 Å². The zero-order valence-electron chi connectivity index (χ0n) is 12.9. The van der Waals surface area contributed by atoms with E-state index in [0.717, 1.165) is 17.0 Å². The summed E-state index contributed by atoms with van der Waals surface area (Å²) in [5.41, 5.74) is 8.28. The van der Waals surface area contributed by atoms with Crippen molar-refractivity contribution in [3.8, 4) is 0 Å². The molecule has 1 atom stereocenters. The van der Waals surface area contributed by atoms with Gasteiger partial charge < -0.3 is 16.2 Å². The van der Waals surface area contributed by atoms with E-state index < -0.39 is 17.2 Å². The zero-order chi connectivity index (χ0) is 16.3. The summed E-state index contributed by atoms with van der Waals surface area (Å²) in [6, 6.07) is 7.26. The molecule has 0 saturated carbocycles. The fraction of sp³-hybridized carbons (Fsp3) is 0.375. The summed E-state index contributed by atoms with van der Waals surface area (Å²) in [5.74, 6) is -0.859. The molecule has 1 aromatic carbocycles. The van der Waals surface area contributed by atoms with E-state index in [-0.39, 0.29) is 0 Å². The number of hydrogen-bond acceptors (Lipinski definition) is 5. The van der Waals surface area contributed by atoms with Gasteiger partial charge in [0.1, 0.15) is 0 Å². The van der Waals surface area contributed by atoms with Crippen LogP contribution >= 0.6 is 11.6 Å². The van der Waals surface area contributed by atoms with Crippen LogP contribution in [0.5, 0.6) is 0 Å².